The molecule has 20 heavy (non-hydrogen) atoms. The maximum atomic E-state index is 10.0. The lowest BCUT2D eigenvalue weighted by Crippen LogP contribution is -2.53. The van der Waals surface area contributed by atoms with E-state index in [9.17, 15) is 5.11 Å². The fourth-order valence-electron chi connectivity index (χ4n) is 7.36. The number of hydrogen-bond donors (Lipinski definition) is 1. The minimum Gasteiger partial charge on any atom is -0.396 e. The summed E-state index contributed by atoms with van der Waals surface area (Å²) < 4.78 is 0. The summed E-state index contributed by atoms with van der Waals surface area (Å²) in [7, 11) is 0. The quantitative estimate of drug-likeness (QED) is 0.730. The highest BCUT2D eigenvalue weighted by Crippen LogP contribution is 2.66. The SMILES string of the molecule is C[C@]12CCCCC1CC[C@H]1[C@@H]3CCC[C@@]3(CO)CC[C@@H]12. The lowest BCUT2D eigenvalue weighted by molar-refractivity contribution is -0.117. The average Bonchev–Trinajstić information content (AvgIpc) is 2.91. The number of hydrogen-bond acceptors (Lipinski definition) is 1. The van der Waals surface area contributed by atoms with Crippen molar-refractivity contribution < 1.29 is 5.11 Å². The van der Waals surface area contributed by atoms with Crippen molar-refractivity contribution in [2.75, 3.05) is 6.61 Å². The van der Waals surface area contributed by atoms with Gasteiger partial charge in [0.2, 0.25) is 0 Å². The van der Waals surface area contributed by atoms with Gasteiger partial charge in [0.15, 0.2) is 0 Å². The van der Waals surface area contributed by atoms with Crippen LogP contribution < -0.4 is 0 Å². The Morgan fingerprint density at radius 1 is 0.850 bits per heavy atom. The van der Waals surface area contributed by atoms with Crippen LogP contribution in [-0.2, 0) is 0 Å². The van der Waals surface area contributed by atoms with Crippen LogP contribution in [0.5, 0.6) is 0 Å². The smallest absolute Gasteiger partial charge is 0.0490 e. The molecule has 0 heterocycles. The third-order valence-electron chi connectivity index (χ3n) is 8.42. The molecule has 0 aromatic rings. The molecule has 0 amide bonds. The molecule has 4 rings (SSSR count). The molecule has 1 heteroatoms. The number of rotatable bonds is 1. The lowest BCUT2D eigenvalue weighted by atomic mass is 9.45. The van der Waals surface area contributed by atoms with Gasteiger partial charge in [0.25, 0.3) is 0 Å². The average molecular weight is 276 g/mol. The van der Waals surface area contributed by atoms with E-state index in [2.05, 4.69) is 6.92 Å². The molecule has 1 N–H and O–H groups in total. The van der Waals surface area contributed by atoms with Crippen molar-refractivity contribution in [3.63, 3.8) is 0 Å². The summed E-state index contributed by atoms with van der Waals surface area (Å²) in [6, 6.07) is 0. The van der Waals surface area contributed by atoms with Gasteiger partial charge in [-0.05, 0) is 85.9 Å². The molecular formula is C19H32O. The fraction of sp³-hybridized carbons (Fsp3) is 1.00. The van der Waals surface area contributed by atoms with Gasteiger partial charge < -0.3 is 5.11 Å². The molecular weight excluding hydrogens is 244 g/mol. The molecule has 0 saturated heterocycles. The second-order valence-electron chi connectivity index (χ2n) is 8.85. The van der Waals surface area contributed by atoms with E-state index in [1.165, 1.54) is 70.6 Å². The van der Waals surface area contributed by atoms with Crippen molar-refractivity contribution in [1.82, 2.24) is 0 Å². The summed E-state index contributed by atoms with van der Waals surface area (Å²) in [5.74, 6) is 3.84. The molecule has 0 bridgehead atoms. The van der Waals surface area contributed by atoms with Gasteiger partial charge in [0, 0.05) is 6.61 Å². The van der Waals surface area contributed by atoms with Crippen LogP contribution in [0.2, 0.25) is 0 Å². The van der Waals surface area contributed by atoms with Crippen LogP contribution in [0.3, 0.4) is 0 Å². The molecule has 1 unspecified atom stereocenters. The third kappa shape index (κ3) is 1.71. The van der Waals surface area contributed by atoms with Gasteiger partial charge >= 0.3 is 0 Å². The zero-order valence-corrected chi connectivity index (χ0v) is 13.2. The van der Waals surface area contributed by atoms with E-state index in [0.717, 1.165) is 23.7 Å². The highest BCUT2D eigenvalue weighted by atomic mass is 16.3. The minimum atomic E-state index is 0.346. The molecule has 1 nitrogen and oxygen atoms in total. The zero-order chi connectivity index (χ0) is 13.8. The Hall–Kier alpha value is -0.0400. The first-order valence-electron chi connectivity index (χ1n) is 9.30. The molecule has 114 valence electrons. The monoisotopic (exact) mass is 276 g/mol. The summed E-state index contributed by atoms with van der Waals surface area (Å²) in [4.78, 5) is 0. The maximum absolute atomic E-state index is 10.0. The molecule has 4 aliphatic rings. The largest absolute Gasteiger partial charge is 0.396 e. The van der Waals surface area contributed by atoms with E-state index in [0.29, 0.717) is 17.4 Å². The molecule has 0 spiro atoms. The highest BCUT2D eigenvalue weighted by Gasteiger charge is 2.58. The molecule has 6 atom stereocenters. The summed E-state index contributed by atoms with van der Waals surface area (Å²) in [5.41, 5.74) is 1.00. The Balaban J connectivity index is 1.64. The predicted molar refractivity (Wildman–Crippen MR) is 82.4 cm³/mol. The first kappa shape index (κ1) is 13.6. The highest BCUT2D eigenvalue weighted by molar-refractivity contribution is 5.07. The van der Waals surface area contributed by atoms with Gasteiger partial charge in [-0.1, -0.05) is 26.2 Å². The Morgan fingerprint density at radius 2 is 1.75 bits per heavy atom. The van der Waals surface area contributed by atoms with E-state index >= 15 is 0 Å². The Kier molecular flexibility index (Phi) is 3.22. The van der Waals surface area contributed by atoms with Gasteiger partial charge in [-0.25, -0.2) is 0 Å². The topological polar surface area (TPSA) is 20.2 Å². The summed E-state index contributed by atoms with van der Waals surface area (Å²) in [6.45, 7) is 3.12. The van der Waals surface area contributed by atoms with Crippen LogP contribution in [0.1, 0.15) is 77.6 Å². The summed E-state index contributed by atoms with van der Waals surface area (Å²) in [6.07, 6.45) is 15.8. The third-order valence-corrected chi connectivity index (χ3v) is 8.42. The number of aliphatic hydroxyl groups excluding tert-OH is 1. The van der Waals surface area contributed by atoms with Gasteiger partial charge in [-0.2, -0.15) is 0 Å². The molecule has 4 aliphatic carbocycles. The van der Waals surface area contributed by atoms with Gasteiger partial charge in [0.05, 0.1) is 0 Å². The van der Waals surface area contributed by atoms with Crippen LogP contribution in [0.4, 0.5) is 0 Å². The van der Waals surface area contributed by atoms with Crippen molar-refractivity contribution in [2.45, 2.75) is 77.6 Å². The first-order valence-corrected chi connectivity index (χ1v) is 9.30. The Labute approximate surface area is 124 Å². The van der Waals surface area contributed by atoms with Crippen molar-refractivity contribution in [2.24, 2.45) is 34.5 Å². The molecule has 0 radical (unpaired) electrons. The van der Waals surface area contributed by atoms with Crippen LogP contribution in [0, 0.1) is 34.5 Å². The Morgan fingerprint density at radius 3 is 2.60 bits per heavy atom. The van der Waals surface area contributed by atoms with Crippen molar-refractivity contribution in [3.8, 4) is 0 Å². The van der Waals surface area contributed by atoms with Crippen molar-refractivity contribution >= 4 is 0 Å². The minimum absolute atomic E-state index is 0.346. The van der Waals surface area contributed by atoms with Crippen LogP contribution in [0.15, 0.2) is 0 Å². The number of fused-ring (bicyclic) bond motifs is 5. The van der Waals surface area contributed by atoms with E-state index in [1.807, 2.05) is 0 Å². The van der Waals surface area contributed by atoms with Gasteiger partial charge in [-0.3, -0.25) is 0 Å². The van der Waals surface area contributed by atoms with Crippen LogP contribution >= 0.6 is 0 Å². The molecule has 4 saturated carbocycles. The first-order chi connectivity index (χ1) is 9.70. The lowest BCUT2D eigenvalue weighted by Gasteiger charge is -2.60. The number of aliphatic hydroxyl groups is 1. The Bertz CT molecular complexity index is 378. The van der Waals surface area contributed by atoms with E-state index < -0.39 is 0 Å². The normalized spacial score (nSPS) is 54.9. The fourth-order valence-corrected chi connectivity index (χ4v) is 7.36. The van der Waals surface area contributed by atoms with Gasteiger partial charge in [0.1, 0.15) is 0 Å². The zero-order valence-electron chi connectivity index (χ0n) is 13.2. The second kappa shape index (κ2) is 4.73. The molecule has 4 fully saturated rings. The van der Waals surface area contributed by atoms with E-state index in [4.69, 9.17) is 0 Å². The van der Waals surface area contributed by atoms with E-state index in [1.54, 1.807) is 0 Å². The molecule has 0 aromatic carbocycles. The van der Waals surface area contributed by atoms with E-state index in [-0.39, 0.29) is 0 Å². The standard InChI is InChI=1S/C19H32O/c1-18-10-3-2-5-14(18)7-8-15-16(18)9-12-19(13-20)11-4-6-17(15)19/h14-17,20H,2-13H2,1H3/t14?,15-,16+,17+,18+,19+/m1/s1. The van der Waals surface area contributed by atoms with Crippen molar-refractivity contribution in [1.29, 1.82) is 0 Å². The van der Waals surface area contributed by atoms with Crippen LogP contribution in [0.25, 0.3) is 0 Å². The van der Waals surface area contributed by atoms with Crippen LogP contribution in [-0.4, -0.2) is 11.7 Å². The van der Waals surface area contributed by atoms with Crippen molar-refractivity contribution in [3.05, 3.63) is 0 Å². The van der Waals surface area contributed by atoms with Gasteiger partial charge in [-0.15, -0.1) is 0 Å². The summed E-state index contributed by atoms with van der Waals surface area (Å²) in [5, 5.41) is 10.0. The predicted octanol–water partition coefficient (Wildman–Crippen LogP) is 4.78. The molecule has 0 aliphatic heterocycles. The summed E-state index contributed by atoms with van der Waals surface area (Å²) >= 11 is 0. The molecule has 0 aromatic heterocycles. The maximum Gasteiger partial charge on any atom is 0.0490 e. The second-order valence-corrected chi connectivity index (χ2v) is 8.85.